The van der Waals surface area contributed by atoms with Crippen LogP contribution < -0.4 is 5.32 Å². The molecule has 1 nitrogen and oxygen atoms in total. The van der Waals surface area contributed by atoms with Crippen molar-refractivity contribution in [2.24, 2.45) is 11.8 Å². The third-order valence-electron chi connectivity index (χ3n) is 2.93. The minimum atomic E-state index is -0.508. The summed E-state index contributed by atoms with van der Waals surface area (Å²) in [4.78, 5) is 0. The fourth-order valence-electron chi connectivity index (χ4n) is 1.80. The first kappa shape index (κ1) is 10.6. The molecule has 1 saturated carbocycles. The van der Waals surface area contributed by atoms with Gasteiger partial charge in [0.05, 0.1) is 0 Å². The molecule has 0 saturated heterocycles. The highest BCUT2D eigenvalue weighted by molar-refractivity contribution is 5.17. The molecule has 0 spiro atoms. The standard InChI is InChI=1S/C12H15F2N/c1-8-2-10(8)7-15-6-9-3-11(13)5-12(14)4-9/h3-5,8,10,15H,2,6-7H2,1H3. The van der Waals surface area contributed by atoms with E-state index in [0.717, 1.165) is 24.4 Å². The van der Waals surface area contributed by atoms with Crippen LogP contribution in [-0.4, -0.2) is 6.54 Å². The molecule has 15 heavy (non-hydrogen) atoms. The lowest BCUT2D eigenvalue weighted by molar-refractivity contribution is 0.569. The van der Waals surface area contributed by atoms with Crippen molar-refractivity contribution in [1.29, 1.82) is 0 Å². The summed E-state index contributed by atoms with van der Waals surface area (Å²) >= 11 is 0. The predicted molar refractivity (Wildman–Crippen MR) is 55.3 cm³/mol. The van der Waals surface area contributed by atoms with Crippen molar-refractivity contribution in [2.45, 2.75) is 19.9 Å². The SMILES string of the molecule is CC1CC1CNCc1cc(F)cc(F)c1. The van der Waals surface area contributed by atoms with Gasteiger partial charge in [0.2, 0.25) is 0 Å². The maximum atomic E-state index is 12.8. The predicted octanol–water partition coefficient (Wildman–Crippen LogP) is 2.71. The minimum Gasteiger partial charge on any atom is -0.312 e. The highest BCUT2D eigenvalue weighted by Gasteiger charge is 2.31. The van der Waals surface area contributed by atoms with Gasteiger partial charge >= 0.3 is 0 Å². The maximum Gasteiger partial charge on any atom is 0.126 e. The molecule has 0 aromatic heterocycles. The second kappa shape index (κ2) is 4.27. The summed E-state index contributed by atoms with van der Waals surface area (Å²) in [6.07, 6.45) is 1.27. The fourth-order valence-corrected chi connectivity index (χ4v) is 1.80. The molecule has 0 heterocycles. The average Bonchev–Trinajstić information content (AvgIpc) is 2.80. The van der Waals surface area contributed by atoms with Gasteiger partial charge in [-0.15, -0.1) is 0 Å². The van der Waals surface area contributed by atoms with Gasteiger partial charge in [0.25, 0.3) is 0 Å². The third-order valence-corrected chi connectivity index (χ3v) is 2.93. The zero-order chi connectivity index (χ0) is 10.8. The molecule has 1 N–H and O–H groups in total. The van der Waals surface area contributed by atoms with Crippen molar-refractivity contribution in [2.75, 3.05) is 6.54 Å². The van der Waals surface area contributed by atoms with E-state index in [1.807, 2.05) is 0 Å². The van der Waals surface area contributed by atoms with Crippen LogP contribution in [0.25, 0.3) is 0 Å². The van der Waals surface area contributed by atoms with E-state index in [9.17, 15) is 8.78 Å². The molecule has 3 heteroatoms. The van der Waals surface area contributed by atoms with Gasteiger partial charge in [0, 0.05) is 12.6 Å². The van der Waals surface area contributed by atoms with Crippen LogP contribution in [0.2, 0.25) is 0 Å². The van der Waals surface area contributed by atoms with Crippen LogP contribution in [0.15, 0.2) is 18.2 Å². The van der Waals surface area contributed by atoms with E-state index in [-0.39, 0.29) is 0 Å². The molecule has 1 aliphatic rings. The quantitative estimate of drug-likeness (QED) is 0.807. The van der Waals surface area contributed by atoms with E-state index in [1.165, 1.54) is 18.6 Å². The van der Waals surface area contributed by atoms with Gasteiger partial charge in [-0.05, 0) is 42.5 Å². The van der Waals surface area contributed by atoms with Crippen molar-refractivity contribution in [3.8, 4) is 0 Å². The molecule has 1 aliphatic carbocycles. The molecular formula is C12H15F2N. The molecule has 1 aromatic carbocycles. The monoisotopic (exact) mass is 211 g/mol. The molecule has 1 fully saturated rings. The lowest BCUT2D eigenvalue weighted by Crippen LogP contribution is -2.17. The van der Waals surface area contributed by atoms with Crippen LogP contribution in [0.1, 0.15) is 18.9 Å². The summed E-state index contributed by atoms with van der Waals surface area (Å²) in [6, 6.07) is 3.63. The van der Waals surface area contributed by atoms with Gasteiger partial charge in [-0.1, -0.05) is 6.92 Å². The molecule has 0 bridgehead atoms. The highest BCUT2D eigenvalue weighted by atomic mass is 19.1. The van der Waals surface area contributed by atoms with Crippen molar-refractivity contribution in [3.63, 3.8) is 0 Å². The number of hydrogen-bond donors (Lipinski definition) is 1. The van der Waals surface area contributed by atoms with E-state index in [2.05, 4.69) is 12.2 Å². The highest BCUT2D eigenvalue weighted by Crippen LogP contribution is 2.36. The largest absolute Gasteiger partial charge is 0.312 e. The lowest BCUT2D eigenvalue weighted by Gasteiger charge is -2.04. The molecule has 1 aromatic rings. The van der Waals surface area contributed by atoms with Gasteiger partial charge < -0.3 is 5.32 Å². The number of halogens is 2. The summed E-state index contributed by atoms with van der Waals surface area (Å²) < 4.78 is 25.6. The van der Waals surface area contributed by atoms with Gasteiger partial charge in [0.15, 0.2) is 0 Å². The first-order chi connectivity index (χ1) is 7.15. The van der Waals surface area contributed by atoms with Crippen LogP contribution in [0.4, 0.5) is 8.78 Å². The molecule has 2 rings (SSSR count). The van der Waals surface area contributed by atoms with Crippen molar-refractivity contribution >= 4 is 0 Å². The molecular weight excluding hydrogens is 196 g/mol. The Morgan fingerprint density at radius 2 is 1.87 bits per heavy atom. The van der Waals surface area contributed by atoms with Crippen LogP contribution in [0.3, 0.4) is 0 Å². The third kappa shape index (κ3) is 2.99. The topological polar surface area (TPSA) is 12.0 Å². The second-order valence-corrected chi connectivity index (χ2v) is 4.38. The minimum absolute atomic E-state index is 0.508. The molecule has 0 amide bonds. The zero-order valence-electron chi connectivity index (χ0n) is 8.76. The summed E-state index contributed by atoms with van der Waals surface area (Å²) in [7, 11) is 0. The second-order valence-electron chi connectivity index (χ2n) is 4.38. The fraction of sp³-hybridized carbons (Fsp3) is 0.500. The van der Waals surface area contributed by atoms with E-state index in [1.54, 1.807) is 0 Å². The van der Waals surface area contributed by atoms with Gasteiger partial charge in [0.1, 0.15) is 11.6 Å². The summed E-state index contributed by atoms with van der Waals surface area (Å²) in [6.45, 7) is 3.70. The lowest BCUT2D eigenvalue weighted by atomic mass is 10.2. The Bertz CT molecular complexity index is 331. The number of hydrogen-bond acceptors (Lipinski definition) is 1. The van der Waals surface area contributed by atoms with E-state index < -0.39 is 11.6 Å². The summed E-state index contributed by atoms with van der Waals surface area (Å²) in [5.41, 5.74) is 0.667. The van der Waals surface area contributed by atoms with Crippen LogP contribution in [0, 0.1) is 23.5 Å². The molecule has 0 aliphatic heterocycles. The zero-order valence-corrected chi connectivity index (χ0v) is 8.76. The molecule has 2 atom stereocenters. The van der Waals surface area contributed by atoms with Crippen LogP contribution >= 0.6 is 0 Å². The smallest absolute Gasteiger partial charge is 0.126 e. The van der Waals surface area contributed by atoms with Crippen LogP contribution in [-0.2, 0) is 6.54 Å². The molecule has 2 unspecified atom stereocenters. The van der Waals surface area contributed by atoms with Gasteiger partial charge in [-0.25, -0.2) is 8.78 Å². The Balaban J connectivity index is 1.82. The summed E-state index contributed by atoms with van der Waals surface area (Å²) in [5, 5.41) is 3.22. The van der Waals surface area contributed by atoms with Crippen molar-refractivity contribution < 1.29 is 8.78 Å². The Morgan fingerprint density at radius 3 is 2.40 bits per heavy atom. The Morgan fingerprint density at radius 1 is 1.27 bits per heavy atom. The molecule has 82 valence electrons. The Labute approximate surface area is 88.5 Å². The number of rotatable bonds is 4. The van der Waals surface area contributed by atoms with E-state index in [0.29, 0.717) is 12.1 Å². The average molecular weight is 211 g/mol. The first-order valence-electron chi connectivity index (χ1n) is 5.31. The van der Waals surface area contributed by atoms with Crippen LogP contribution in [0.5, 0.6) is 0 Å². The number of benzene rings is 1. The van der Waals surface area contributed by atoms with Crippen molar-refractivity contribution in [3.05, 3.63) is 35.4 Å². The van der Waals surface area contributed by atoms with Gasteiger partial charge in [-0.3, -0.25) is 0 Å². The summed E-state index contributed by atoms with van der Waals surface area (Å²) in [5.74, 6) is 0.545. The van der Waals surface area contributed by atoms with E-state index >= 15 is 0 Å². The first-order valence-corrected chi connectivity index (χ1v) is 5.31. The molecule has 0 radical (unpaired) electrons. The Hall–Kier alpha value is -0.960. The number of nitrogens with one attached hydrogen (secondary N) is 1. The normalized spacial score (nSPS) is 24.2. The van der Waals surface area contributed by atoms with Gasteiger partial charge in [-0.2, -0.15) is 0 Å². The maximum absolute atomic E-state index is 12.8. The van der Waals surface area contributed by atoms with E-state index in [4.69, 9.17) is 0 Å². The van der Waals surface area contributed by atoms with Crippen molar-refractivity contribution in [1.82, 2.24) is 5.32 Å². The Kier molecular flexibility index (Phi) is 3.00.